The van der Waals surface area contributed by atoms with Gasteiger partial charge in [-0.3, -0.25) is 9.59 Å². The molecule has 1 aliphatic rings. The molecule has 0 aromatic heterocycles. The molecule has 1 aliphatic heterocycles. The van der Waals surface area contributed by atoms with Crippen molar-refractivity contribution >= 4 is 17.4 Å². The zero-order valence-electron chi connectivity index (χ0n) is 13.8. The summed E-state index contributed by atoms with van der Waals surface area (Å²) in [5.74, 6) is -0.728. The van der Waals surface area contributed by atoms with E-state index >= 15 is 0 Å². The number of amides is 1. The molecule has 3 rings (SSSR count). The van der Waals surface area contributed by atoms with Crippen molar-refractivity contribution in [2.75, 3.05) is 14.2 Å². The fourth-order valence-corrected chi connectivity index (χ4v) is 2.80. The molecule has 2 aromatic carbocycles. The van der Waals surface area contributed by atoms with Gasteiger partial charge in [0.15, 0.2) is 11.5 Å². The number of aliphatic hydroxyl groups excluding tert-OH is 1. The number of ketones is 1. The Hall–Kier alpha value is -3.28. The van der Waals surface area contributed by atoms with Crippen LogP contribution in [0.4, 0.5) is 0 Å². The standard InChI is InChI=1S/C19H17NO5/c1-24-13-9-8-12(10-14(13)25-2)16-15(18(22)19(23)20-16)17(21)11-6-4-3-5-7-11/h3-10,16,21H,1-2H3,(H,20,23)/t16-/m1/s1. The number of hydrogen-bond acceptors (Lipinski definition) is 5. The fourth-order valence-electron chi connectivity index (χ4n) is 2.80. The summed E-state index contributed by atoms with van der Waals surface area (Å²) >= 11 is 0. The predicted octanol–water partition coefficient (Wildman–Crippen LogP) is 2.41. The molecule has 6 nitrogen and oxygen atoms in total. The van der Waals surface area contributed by atoms with Gasteiger partial charge in [0.05, 0.1) is 25.8 Å². The van der Waals surface area contributed by atoms with Crippen molar-refractivity contribution in [3.8, 4) is 11.5 Å². The van der Waals surface area contributed by atoms with Gasteiger partial charge in [-0.2, -0.15) is 0 Å². The highest BCUT2D eigenvalue weighted by Crippen LogP contribution is 2.36. The molecule has 25 heavy (non-hydrogen) atoms. The summed E-state index contributed by atoms with van der Waals surface area (Å²) in [6, 6.07) is 12.9. The van der Waals surface area contributed by atoms with E-state index in [4.69, 9.17) is 9.47 Å². The molecule has 0 bridgehead atoms. The molecule has 1 atom stereocenters. The van der Waals surface area contributed by atoms with Crippen LogP contribution >= 0.6 is 0 Å². The predicted molar refractivity (Wildman–Crippen MR) is 91.4 cm³/mol. The Balaban J connectivity index is 2.11. The number of hydrogen-bond donors (Lipinski definition) is 2. The number of methoxy groups -OCH3 is 2. The molecule has 128 valence electrons. The monoisotopic (exact) mass is 339 g/mol. The molecule has 0 saturated carbocycles. The lowest BCUT2D eigenvalue weighted by atomic mass is 9.95. The van der Waals surface area contributed by atoms with Crippen molar-refractivity contribution in [3.05, 3.63) is 65.2 Å². The number of Topliss-reactive ketones (excluding diaryl/α,β-unsaturated/α-hetero) is 1. The van der Waals surface area contributed by atoms with Gasteiger partial charge in [-0.05, 0) is 17.7 Å². The lowest BCUT2D eigenvalue weighted by molar-refractivity contribution is -0.133. The van der Waals surface area contributed by atoms with E-state index in [0.29, 0.717) is 22.6 Å². The Kier molecular flexibility index (Phi) is 4.43. The lowest BCUT2D eigenvalue weighted by Gasteiger charge is -2.16. The third-order valence-electron chi connectivity index (χ3n) is 4.06. The summed E-state index contributed by atoms with van der Waals surface area (Å²) in [5, 5.41) is 13.2. The number of nitrogens with one attached hydrogen (secondary N) is 1. The first-order valence-corrected chi connectivity index (χ1v) is 7.62. The van der Waals surface area contributed by atoms with Gasteiger partial charge in [0.2, 0.25) is 0 Å². The van der Waals surface area contributed by atoms with E-state index in [0.717, 1.165) is 0 Å². The molecule has 0 unspecified atom stereocenters. The van der Waals surface area contributed by atoms with Crippen LogP contribution in [0.3, 0.4) is 0 Å². The molecule has 1 fully saturated rings. The number of benzene rings is 2. The number of carbonyl (C=O) groups excluding carboxylic acids is 2. The van der Waals surface area contributed by atoms with Crippen LogP contribution in [-0.2, 0) is 9.59 Å². The highest BCUT2D eigenvalue weighted by molar-refractivity contribution is 6.46. The minimum absolute atomic E-state index is 0.0171. The van der Waals surface area contributed by atoms with Crippen LogP contribution in [0.5, 0.6) is 11.5 Å². The molecule has 1 saturated heterocycles. The van der Waals surface area contributed by atoms with Crippen LogP contribution in [0.1, 0.15) is 17.2 Å². The first kappa shape index (κ1) is 16.6. The molecule has 2 aromatic rings. The summed E-state index contributed by atoms with van der Waals surface area (Å²) in [4.78, 5) is 24.2. The maximum atomic E-state index is 12.3. The highest BCUT2D eigenvalue weighted by Gasteiger charge is 2.39. The van der Waals surface area contributed by atoms with Crippen molar-refractivity contribution in [3.63, 3.8) is 0 Å². The average molecular weight is 339 g/mol. The summed E-state index contributed by atoms with van der Waals surface area (Å²) in [6.45, 7) is 0. The molecular formula is C19H17NO5. The summed E-state index contributed by atoms with van der Waals surface area (Å²) < 4.78 is 10.5. The van der Waals surface area contributed by atoms with Gasteiger partial charge in [0.1, 0.15) is 5.76 Å². The number of aliphatic hydroxyl groups is 1. The number of rotatable bonds is 4. The molecule has 0 aliphatic carbocycles. The normalized spacial score (nSPS) is 18.7. The van der Waals surface area contributed by atoms with Gasteiger partial charge in [-0.15, -0.1) is 0 Å². The molecule has 0 spiro atoms. The topological polar surface area (TPSA) is 84.9 Å². The molecule has 1 heterocycles. The van der Waals surface area contributed by atoms with Crippen LogP contribution in [0, 0.1) is 0 Å². The Labute approximate surface area is 144 Å². The van der Waals surface area contributed by atoms with E-state index in [9.17, 15) is 14.7 Å². The zero-order valence-corrected chi connectivity index (χ0v) is 13.8. The van der Waals surface area contributed by atoms with Crippen LogP contribution in [0.25, 0.3) is 5.76 Å². The van der Waals surface area contributed by atoms with E-state index in [1.807, 2.05) is 0 Å². The first-order valence-electron chi connectivity index (χ1n) is 7.62. The summed E-state index contributed by atoms with van der Waals surface area (Å²) in [6.07, 6.45) is 0. The van der Waals surface area contributed by atoms with E-state index in [1.165, 1.54) is 14.2 Å². The third-order valence-corrected chi connectivity index (χ3v) is 4.06. The third kappa shape index (κ3) is 2.94. The van der Waals surface area contributed by atoms with Gasteiger partial charge >= 0.3 is 0 Å². The molecule has 6 heteroatoms. The maximum Gasteiger partial charge on any atom is 0.293 e. The Morgan fingerprint density at radius 2 is 1.68 bits per heavy atom. The second-order valence-electron chi connectivity index (χ2n) is 5.48. The van der Waals surface area contributed by atoms with E-state index in [-0.39, 0.29) is 11.3 Å². The minimum atomic E-state index is -0.764. The van der Waals surface area contributed by atoms with Gasteiger partial charge in [0.25, 0.3) is 11.7 Å². The second-order valence-corrected chi connectivity index (χ2v) is 5.48. The summed E-state index contributed by atoms with van der Waals surface area (Å²) in [5.41, 5.74) is 1.09. The van der Waals surface area contributed by atoms with Gasteiger partial charge in [0, 0.05) is 5.56 Å². The van der Waals surface area contributed by atoms with Gasteiger partial charge in [-0.1, -0.05) is 36.4 Å². The minimum Gasteiger partial charge on any atom is -0.507 e. The van der Waals surface area contributed by atoms with Crippen LogP contribution < -0.4 is 14.8 Å². The molecule has 1 amide bonds. The summed E-state index contributed by atoms with van der Waals surface area (Å²) in [7, 11) is 3.02. The largest absolute Gasteiger partial charge is 0.507 e. The Morgan fingerprint density at radius 3 is 2.32 bits per heavy atom. The molecular weight excluding hydrogens is 322 g/mol. The van der Waals surface area contributed by atoms with Crippen LogP contribution in [-0.4, -0.2) is 31.0 Å². The average Bonchev–Trinajstić information content (AvgIpc) is 2.96. The maximum absolute atomic E-state index is 12.3. The van der Waals surface area contributed by atoms with Crippen molar-refractivity contribution in [2.24, 2.45) is 0 Å². The van der Waals surface area contributed by atoms with Crippen molar-refractivity contribution in [1.82, 2.24) is 5.32 Å². The second kappa shape index (κ2) is 6.68. The lowest BCUT2D eigenvalue weighted by Crippen LogP contribution is -2.21. The van der Waals surface area contributed by atoms with E-state index < -0.39 is 17.7 Å². The smallest absolute Gasteiger partial charge is 0.293 e. The SMILES string of the molecule is COc1ccc([C@H]2NC(=O)C(=O)C2=C(O)c2ccccc2)cc1OC. The zero-order chi connectivity index (χ0) is 18.0. The Bertz CT molecular complexity index is 857. The van der Waals surface area contributed by atoms with Crippen LogP contribution in [0.2, 0.25) is 0 Å². The quantitative estimate of drug-likeness (QED) is 0.508. The van der Waals surface area contributed by atoms with Gasteiger partial charge in [-0.25, -0.2) is 0 Å². The van der Waals surface area contributed by atoms with Crippen LogP contribution in [0.15, 0.2) is 54.1 Å². The van der Waals surface area contributed by atoms with E-state index in [1.54, 1.807) is 48.5 Å². The van der Waals surface area contributed by atoms with Crippen molar-refractivity contribution < 1.29 is 24.2 Å². The fraction of sp³-hybridized carbons (Fsp3) is 0.158. The van der Waals surface area contributed by atoms with Crippen molar-refractivity contribution in [1.29, 1.82) is 0 Å². The van der Waals surface area contributed by atoms with Crippen molar-refractivity contribution in [2.45, 2.75) is 6.04 Å². The van der Waals surface area contributed by atoms with Gasteiger partial charge < -0.3 is 19.9 Å². The number of ether oxygens (including phenoxy) is 2. The Morgan fingerprint density at radius 1 is 1.00 bits per heavy atom. The number of carbonyl (C=O) groups is 2. The molecule has 2 N–H and O–H groups in total. The van der Waals surface area contributed by atoms with E-state index in [2.05, 4.69) is 5.32 Å². The molecule has 0 radical (unpaired) electrons. The first-order chi connectivity index (χ1) is 12.1. The highest BCUT2D eigenvalue weighted by atomic mass is 16.5.